The summed E-state index contributed by atoms with van der Waals surface area (Å²) in [7, 11) is 2.25. The van der Waals surface area contributed by atoms with Crippen LogP contribution in [-0.2, 0) is 0 Å². The van der Waals surface area contributed by atoms with Gasteiger partial charge in [0.2, 0.25) is 0 Å². The molecule has 0 saturated carbocycles. The first-order valence-corrected chi connectivity index (χ1v) is 4.60. The van der Waals surface area contributed by atoms with Gasteiger partial charge in [0.05, 0.1) is 0 Å². The van der Waals surface area contributed by atoms with Crippen LogP contribution in [0.1, 0.15) is 47.0 Å². The Morgan fingerprint density at radius 2 is 1.27 bits per heavy atom. The van der Waals surface area contributed by atoms with Gasteiger partial charge in [0.15, 0.2) is 0 Å². The van der Waals surface area contributed by atoms with Gasteiger partial charge >= 0.3 is 0 Å². The molecule has 1 aliphatic rings. The molecule has 0 amide bonds. The average molecular weight is 155 g/mol. The molecule has 0 aromatic heterocycles. The maximum atomic E-state index is 2.52. The van der Waals surface area contributed by atoms with Crippen molar-refractivity contribution in [1.82, 2.24) is 4.90 Å². The summed E-state index contributed by atoms with van der Waals surface area (Å²) >= 11 is 0. The van der Waals surface area contributed by atoms with Crippen LogP contribution >= 0.6 is 0 Å². The summed E-state index contributed by atoms with van der Waals surface area (Å²) < 4.78 is 0. The van der Waals surface area contributed by atoms with Gasteiger partial charge in [0.1, 0.15) is 18.1 Å². The first-order chi connectivity index (χ1) is 4.86. The van der Waals surface area contributed by atoms with Gasteiger partial charge in [0, 0.05) is 12.8 Å². The molecule has 65 valence electrons. The van der Waals surface area contributed by atoms with Gasteiger partial charge in [-0.2, -0.15) is 4.90 Å². The minimum Gasteiger partial charge on any atom is -0.163 e. The van der Waals surface area contributed by atoms with E-state index in [4.69, 9.17) is 0 Å². The highest BCUT2D eigenvalue weighted by molar-refractivity contribution is 4.98. The first-order valence-electron chi connectivity index (χ1n) is 4.60. The molecule has 11 heavy (non-hydrogen) atoms. The molecular weight excluding hydrogens is 134 g/mol. The van der Waals surface area contributed by atoms with Crippen LogP contribution in [0.4, 0.5) is 0 Å². The third-order valence-electron chi connectivity index (χ3n) is 3.39. The standard InChI is InChI=1S/C10H21N/c1-9(2)7-6-8-10(3,4)11(9)5/h6-8H2,1-5H3/q+1. The van der Waals surface area contributed by atoms with Crippen molar-refractivity contribution in [3.63, 3.8) is 0 Å². The van der Waals surface area contributed by atoms with Gasteiger partial charge in [-0.1, -0.05) is 0 Å². The number of hydrogen-bond donors (Lipinski definition) is 0. The smallest absolute Gasteiger partial charge is 0.137 e. The Bertz CT molecular complexity index is 131. The number of rotatable bonds is 0. The normalized spacial score (nSPS) is 30.3. The van der Waals surface area contributed by atoms with Crippen LogP contribution in [0.15, 0.2) is 0 Å². The Balaban J connectivity index is 2.76. The van der Waals surface area contributed by atoms with E-state index in [1.165, 1.54) is 19.3 Å². The largest absolute Gasteiger partial charge is 0.163 e. The van der Waals surface area contributed by atoms with E-state index in [0.29, 0.717) is 11.1 Å². The molecule has 1 fully saturated rings. The second-order valence-corrected chi connectivity index (χ2v) is 5.04. The summed E-state index contributed by atoms with van der Waals surface area (Å²) in [6, 6.07) is 0. The molecule has 1 rings (SSSR count). The Kier molecular flexibility index (Phi) is 2.04. The highest BCUT2D eigenvalue weighted by Gasteiger charge is 2.47. The van der Waals surface area contributed by atoms with Crippen molar-refractivity contribution in [3.05, 3.63) is 0 Å². The van der Waals surface area contributed by atoms with Crippen LogP contribution in [0.25, 0.3) is 0 Å². The van der Waals surface area contributed by atoms with Gasteiger partial charge in [-0.25, -0.2) is 0 Å². The molecule has 0 unspecified atom stereocenters. The van der Waals surface area contributed by atoms with Gasteiger partial charge in [-0.3, -0.25) is 0 Å². The van der Waals surface area contributed by atoms with Crippen molar-refractivity contribution in [3.8, 4) is 0 Å². The Morgan fingerprint density at radius 1 is 0.909 bits per heavy atom. The molecule has 1 heteroatoms. The summed E-state index contributed by atoms with van der Waals surface area (Å²) in [5.74, 6) is 0. The van der Waals surface area contributed by atoms with E-state index >= 15 is 0 Å². The molecule has 1 radical (unpaired) electrons. The lowest BCUT2D eigenvalue weighted by Crippen LogP contribution is -2.60. The Labute approximate surface area is 70.8 Å². The molecule has 1 saturated heterocycles. The van der Waals surface area contributed by atoms with Crippen LogP contribution in [0, 0.1) is 0 Å². The van der Waals surface area contributed by atoms with Crippen molar-refractivity contribution < 1.29 is 0 Å². The fraction of sp³-hybridized carbons (Fsp3) is 1.00. The van der Waals surface area contributed by atoms with E-state index in [9.17, 15) is 0 Å². The van der Waals surface area contributed by atoms with Crippen molar-refractivity contribution in [2.75, 3.05) is 7.05 Å². The molecule has 0 bridgehead atoms. The van der Waals surface area contributed by atoms with Crippen molar-refractivity contribution in [1.29, 1.82) is 0 Å². The lowest BCUT2D eigenvalue weighted by Gasteiger charge is -2.41. The molecule has 0 aromatic carbocycles. The zero-order valence-electron chi connectivity index (χ0n) is 8.57. The quantitative estimate of drug-likeness (QED) is 0.474. The average Bonchev–Trinajstić information content (AvgIpc) is 1.82. The lowest BCUT2D eigenvalue weighted by molar-refractivity contribution is 0.0850. The maximum absolute atomic E-state index is 2.52. The van der Waals surface area contributed by atoms with E-state index in [2.05, 4.69) is 39.6 Å². The summed E-state index contributed by atoms with van der Waals surface area (Å²) in [6.45, 7) is 9.36. The molecular formula is C10H21N+. The van der Waals surface area contributed by atoms with E-state index in [1.807, 2.05) is 0 Å². The molecule has 1 heterocycles. The Hall–Kier alpha value is -0.0400. The molecule has 0 N–H and O–H groups in total. The van der Waals surface area contributed by atoms with Gasteiger partial charge in [-0.05, 0) is 34.1 Å². The third-order valence-corrected chi connectivity index (χ3v) is 3.39. The topological polar surface area (TPSA) is 5.90 Å². The van der Waals surface area contributed by atoms with Crippen molar-refractivity contribution >= 4 is 0 Å². The van der Waals surface area contributed by atoms with Crippen LogP contribution in [0.2, 0.25) is 0 Å². The van der Waals surface area contributed by atoms with Crippen LogP contribution in [0.5, 0.6) is 0 Å². The van der Waals surface area contributed by atoms with Crippen molar-refractivity contribution in [2.45, 2.75) is 58.0 Å². The fourth-order valence-corrected chi connectivity index (χ4v) is 2.11. The molecule has 1 aliphatic heterocycles. The predicted molar refractivity (Wildman–Crippen MR) is 50.1 cm³/mol. The molecule has 0 spiro atoms. The number of nitrogens with zero attached hydrogens (tertiary/aromatic N) is 1. The van der Waals surface area contributed by atoms with Crippen LogP contribution < -0.4 is 4.90 Å². The van der Waals surface area contributed by atoms with Gasteiger partial charge < -0.3 is 0 Å². The van der Waals surface area contributed by atoms with Gasteiger partial charge in [0.25, 0.3) is 0 Å². The maximum Gasteiger partial charge on any atom is 0.137 e. The second-order valence-electron chi connectivity index (χ2n) is 5.04. The van der Waals surface area contributed by atoms with E-state index in [0.717, 1.165) is 0 Å². The SMILES string of the molecule is C[N+]1C(C)(C)CCCC1(C)C. The summed E-state index contributed by atoms with van der Waals surface area (Å²) in [5, 5.41) is 0. The van der Waals surface area contributed by atoms with Crippen LogP contribution in [0.3, 0.4) is 0 Å². The minimum absolute atomic E-state index is 0.405. The highest BCUT2D eigenvalue weighted by atomic mass is 15.2. The third kappa shape index (κ3) is 1.58. The minimum atomic E-state index is 0.405. The van der Waals surface area contributed by atoms with E-state index < -0.39 is 0 Å². The van der Waals surface area contributed by atoms with Crippen molar-refractivity contribution in [2.24, 2.45) is 0 Å². The molecule has 0 aromatic rings. The molecule has 1 nitrogen and oxygen atoms in total. The monoisotopic (exact) mass is 155 g/mol. The summed E-state index contributed by atoms with van der Waals surface area (Å²) in [4.78, 5) is 2.52. The summed E-state index contributed by atoms with van der Waals surface area (Å²) in [5.41, 5.74) is 0.809. The summed E-state index contributed by atoms with van der Waals surface area (Å²) in [6.07, 6.45) is 4.06. The first kappa shape index (κ1) is 9.05. The van der Waals surface area contributed by atoms with E-state index in [-0.39, 0.29) is 0 Å². The molecule has 0 aliphatic carbocycles. The zero-order valence-corrected chi connectivity index (χ0v) is 8.57. The number of likely N-dealkylation sites (tertiary alicyclic amines) is 1. The number of piperidine rings is 1. The number of hydrogen-bond acceptors (Lipinski definition) is 1. The lowest BCUT2D eigenvalue weighted by atomic mass is 9.80. The second kappa shape index (κ2) is 2.48. The fourth-order valence-electron chi connectivity index (χ4n) is 2.11. The molecule has 0 atom stereocenters. The van der Waals surface area contributed by atoms with Crippen LogP contribution in [-0.4, -0.2) is 18.1 Å². The highest BCUT2D eigenvalue weighted by Crippen LogP contribution is 2.33. The predicted octanol–water partition coefficient (Wildman–Crippen LogP) is 2.50. The zero-order chi connectivity index (χ0) is 8.70. The Morgan fingerprint density at radius 3 is 1.55 bits per heavy atom. The van der Waals surface area contributed by atoms with E-state index in [1.54, 1.807) is 0 Å². The van der Waals surface area contributed by atoms with Gasteiger partial charge in [-0.15, -0.1) is 0 Å².